The summed E-state index contributed by atoms with van der Waals surface area (Å²) >= 11 is 1.82. The molecule has 152 valence electrons. The van der Waals surface area contributed by atoms with Gasteiger partial charge in [0.25, 0.3) is 5.91 Å². The molecule has 5 nitrogen and oxygen atoms in total. The Hall–Kier alpha value is -2.44. The molecule has 1 amide bonds. The Morgan fingerprint density at radius 2 is 1.83 bits per heavy atom. The highest BCUT2D eigenvalue weighted by atomic mass is 32.1. The van der Waals surface area contributed by atoms with Gasteiger partial charge in [-0.25, -0.2) is 0 Å². The zero-order valence-electron chi connectivity index (χ0n) is 17.4. The lowest BCUT2D eigenvalue weighted by Gasteiger charge is -2.32. The first-order valence-corrected chi connectivity index (χ1v) is 11.1. The standard InChI is InChI=1S/C23H28N4OS/c1-17-6-8-20(9-7-17)15-27-19(3)22(18(2)24-27)23(28)26-12-10-25(11-13-26)16-21-5-4-14-29-21/h4-9,14H,10-13,15-16H2,1-3H3/p+1. The minimum atomic E-state index is 0.130. The van der Waals surface area contributed by atoms with Gasteiger partial charge in [0.05, 0.1) is 48.9 Å². The summed E-state index contributed by atoms with van der Waals surface area (Å²) in [5, 5.41) is 6.81. The van der Waals surface area contributed by atoms with E-state index in [1.165, 1.54) is 16.0 Å². The number of rotatable bonds is 5. The van der Waals surface area contributed by atoms with Crippen LogP contribution < -0.4 is 4.90 Å². The quantitative estimate of drug-likeness (QED) is 0.703. The van der Waals surface area contributed by atoms with Gasteiger partial charge in [0.2, 0.25) is 0 Å². The monoisotopic (exact) mass is 409 g/mol. The highest BCUT2D eigenvalue weighted by Crippen LogP contribution is 2.18. The molecule has 0 atom stereocenters. The summed E-state index contributed by atoms with van der Waals surface area (Å²) < 4.78 is 1.96. The highest BCUT2D eigenvalue weighted by molar-refractivity contribution is 7.09. The summed E-state index contributed by atoms with van der Waals surface area (Å²) in [6.45, 7) is 11.4. The van der Waals surface area contributed by atoms with Crippen molar-refractivity contribution in [2.45, 2.75) is 33.9 Å². The van der Waals surface area contributed by atoms with E-state index in [2.05, 4.69) is 53.8 Å². The van der Waals surface area contributed by atoms with E-state index < -0.39 is 0 Å². The van der Waals surface area contributed by atoms with Crippen LogP contribution in [0.15, 0.2) is 41.8 Å². The number of hydrogen-bond acceptors (Lipinski definition) is 3. The first-order chi connectivity index (χ1) is 14.0. The predicted molar refractivity (Wildman–Crippen MR) is 117 cm³/mol. The molecule has 0 unspecified atom stereocenters. The third kappa shape index (κ3) is 4.43. The maximum absolute atomic E-state index is 13.2. The predicted octanol–water partition coefficient (Wildman–Crippen LogP) is 2.46. The molecular formula is C23H29N4OS+. The molecule has 2 aromatic heterocycles. The van der Waals surface area contributed by atoms with Gasteiger partial charge in [0.1, 0.15) is 6.54 Å². The lowest BCUT2D eigenvalue weighted by Crippen LogP contribution is -3.13. The Kier molecular flexibility index (Phi) is 5.83. The summed E-state index contributed by atoms with van der Waals surface area (Å²) in [4.78, 5) is 18.2. The third-order valence-electron chi connectivity index (χ3n) is 5.81. The fraction of sp³-hybridized carbons (Fsp3) is 0.391. The van der Waals surface area contributed by atoms with Gasteiger partial charge in [0.15, 0.2) is 0 Å². The van der Waals surface area contributed by atoms with E-state index in [1.807, 2.05) is 34.8 Å². The average Bonchev–Trinajstić information content (AvgIpc) is 3.32. The molecule has 1 saturated heterocycles. The summed E-state index contributed by atoms with van der Waals surface area (Å²) in [5.41, 5.74) is 5.01. The SMILES string of the molecule is Cc1ccc(Cn2nc(C)c(C(=O)N3CC[NH+](Cc4cccs4)CC3)c2C)cc1. The second-order valence-electron chi connectivity index (χ2n) is 7.99. The van der Waals surface area contributed by atoms with Gasteiger partial charge in [-0.2, -0.15) is 5.10 Å². The van der Waals surface area contributed by atoms with Crippen molar-refractivity contribution in [3.05, 3.63) is 74.7 Å². The molecule has 4 rings (SSSR count). The Morgan fingerprint density at radius 1 is 1.10 bits per heavy atom. The average molecular weight is 410 g/mol. The van der Waals surface area contributed by atoms with Crippen LogP contribution in [0.4, 0.5) is 0 Å². The number of nitrogens with zero attached hydrogens (tertiary/aromatic N) is 3. The van der Waals surface area contributed by atoms with Gasteiger partial charge in [-0.05, 0) is 37.8 Å². The lowest BCUT2D eigenvalue weighted by atomic mass is 10.1. The van der Waals surface area contributed by atoms with E-state index in [9.17, 15) is 4.79 Å². The molecule has 1 aliphatic rings. The molecule has 1 aromatic carbocycles. The topological polar surface area (TPSA) is 42.6 Å². The second kappa shape index (κ2) is 8.51. The van der Waals surface area contributed by atoms with E-state index in [1.54, 1.807) is 4.90 Å². The van der Waals surface area contributed by atoms with Crippen LogP contribution in [0.3, 0.4) is 0 Å². The van der Waals surface area contributed by atoms with Crippen molar-refractivity contribution < 1.29 is 9.69 Å². The van der Waals surface area contributed by atoms with Gasteiger partial charge in [0, 0.05) is 5.69 Å². The van der Waals surface area contributed by atoms with Crippen LogP contribution in [-0.4, -0.2) is 46.8 Å². The minimum absolute atomic E-state index is 0.130. The number of hydrogen-bond donors (Lipinski definition) is 1. The van der Waals surface area contributed by atoms with Crippen molar-refractivity contribution in [3.63, 3.8) is 0 Å². The molecule has 1 aliphatic heterocycles. The Balaban J connectivity index is 1.42. The van der Waals surface area contributed by atoms with Crippen LogP contribution in [-0.2, 0) is 13.1 Å². The maximum Gasteiger partial charge on any atom is 0.258 e. The molecule has 0 bridgehead atoms. The molecule has 1 N–H and O–H groups in total. The molecule has 0 radical (unpaired) electrons. The molecule has 29 heavy (non-hydrogen) atoms. The number of quaternary nitrogens is 1. The van der Waals surface area contributed by atoms with Crippen molar-refractivity contribution in [2.24, 2.45) is 0 Å². The number of piperazine rings is 1. The van der Waals surface area contributed by atoms with Crippen molar-refractivity contribution in [1.29, 1.82) is 0 Å². The third-order valence-corrected chi connectivity index (χ3v) is 6.69. The van der Waals surface area contributed by atoms with Gasteiger partial charge in [-0.1, -0.05) is 35.9 Å². The molecular weight excluding hydrogens is 380 g/mol. The van der Waals surface area contributed by atoms with Crippen LogP contribution in [0.2, 0.25) is 0 Å². The number of amides is 1. The number of aryl methyl sites for hydroxylation is 2. The largest absolute Gasteiger partial charge is 0.328 e. The fourth-order valence-electron chi connectivity index (χ4n) is 4.05. The summed E-state index contributed by atoms with van der Waals surface area (Å²) in [7, 11) is 0. The van der Waals surface area contributed by atoms with Gasteiger partial charge in [-0.15, -0.1) is 11.3 Å². The molecule has 6 heteroatoms. The molecule has 0 aliphatic carbocycles. The van der Waals surface area contributed by atoms with Gasteiger partial charge < -0.3 is 9.80 Å². The molecule has 3 heterocycles. The normalized spacial score (nSPS) is 15.1. The van der Waals surface area contributed by atoms with Crippen molar-refractivity contribution in [3.8, 4) is 0 Å². The smallest absolute Gasteiger partial charge is 0.258 e. The van der Waals surface area contributed by atoms with E-state index in [0.29, 0.717) is 6.54 Å². The second-order valence-corrected chi connectivity index (χ2v) is 9.02. The Labute approximate surface area is 176 Å². The number of aromatic nitrogens is 2. The van der Waals surface area contributed by atoms with Gasteiger partial charge in [-0.3, -0.25) is 9.48 Å². The molecule has 0 spiro atoms. The van der Waals surface area contributed by atoms with Gasteiger partial charge >= 0.3 is 0 Å². The van der Waals surface area contributed by atoms with Crippen molar-refractivity contribution >= 4 is 17.2 Å². The van der Waals surface area contributed by atoms with E-state index in [-0.39, 0.29) is 5.91 Å². The first-order valence-electron chi connectivity index (χ1n) is 10.3. The zero-order chi connectivity index (χ0) is 20.4. The molecule has 3 aromatic rings. The highest BCUT2D eigenvalue weighted by Gasteiger charge is 2.28. The van der Waals surface area contributed by atoms with Crippen molar-refractivity contribution in [1.82, 2.24) is 14.7 Å². The fourth-order valence-corrected chi connectivity index (χ4v) is 4.82. The first kappa shape index (κ1) is 19.9. The zero-order valence-corrected chi connectivity index (χ0v) is 18.3. The molecule has 1 fully saturated rings. The molecule has 0 saturated carbocycles. The number of carbonyl (C=O) groups is 1. The van der Waals surface area contributed by atoms with Crippen molar-refractivity contribution in [2.75, 3.05) is 26.2 Å². The summed E-state index contributed by atoms with van der Waals surface area (Å²) in [6.07, 6.45) is 0. The van der Waals surface area contributed by atoms with E-state index >= 15 is 0 Å². The van der Waals surface area contributed by atoms with Crippen LogP contribution in [0, 0.1) is 20.8 Å². The lowest BCUT2D eigenvalue weighted by molar-refractivity contribution is -0.917. The number of carbonyl (C=O) groups excluding carboxylic acids is 1. The minimum Gasteiger partial charge on any atom is -0.328 e. The van der Waals surface area contributed by atoms with Crippen LogP contribution >= 0.6 is 11.3 Å². The van der Waals surface area contributed by atoms with Crippen LogP contribution in [0.5, 0.6) is 0 Å². The maximum atomic E-state index is 13.2. The number of benzene rings is 1. The number of thiophene rings is 1. The summed E-state index contributed by atoms with van der Waals surface area (Å²) in [6, 6.07) is 12.8. The number of nitrogens with one attached hydrogen (secondary N) is 1. The van der Waals surface area contributed by atoms with E-state index in [4.69, 9.17) is 0 Å². The van der Waals surface area contributed by atoms with Crippen LogP contribution in [0.1, 0.15) is 37.7 Å². The van der Waals surface area contributed by atoms with Crippen LogP contribution in [0.25, 0.3) is 0 Å². The van der Waals surface area contributed by atoms with E-state index in [0.717, 1.165) is 49.7 Å². The Morgan fingerprint density at radius 3 is 2.48 bits per heavy atom. The Bertz CT molecular complexity index is 967. The summed E-state index contributed by atoms with van der Waals surface area (Å²) in [5.74, 6) is 0.130.